The number of hydrogen-bond acceptors (Lipinski definition) is 4. The summed E-state index contributed by atoms with van der Waals surface area (Å²) in [6, 6.07) is 17.4. The number of hydrogen-bond donors (Lipinski definition) is 0. The van der Waals surface area contributed by atoms with Crippen molar-refractivity contribution in [2.24, 2.45) is 28.6 Å². The molecule has 8 rings (SSSR count). The summed E-state index contributed by atoms with van der Waals surface area (Å²) < 4.78 is 15.5. The first kappa shape index (κ1) is 21.8. The van der Waals surface area contributed by atoms with Gasteiger partial charge in [0.25, 0.3) is 0 Å². The molecule has 4 saturated carbocycles. The second-order valence-corrected chi connectivity index (χ2v) is 11.9. The molecule has 0 unspecified atom stereocenters. The molecular weight excluding hydrogens is 449 g/mol. The number of nitriles is 2. The van der Waals surface area contributed by atoms with Gasteiger partial charge in [0.2, 0.25) is 0 Å². The van der Waals surface area contributed by atoms with Crippen molar-refractivity contribution in [2.45, 2.75) is 56.5 Å². The van der Waals surface area contributed by atoms with Crippen molar-refractivity contribution >= 4 is 11.9 Å². The lowest BCUT2D eigenvalue weighted by atomic mass is 9.47. The van der Waals surface area contributed by atoms with Crippen LogP contribution in [0.3, 0.4) is 0 Å². The van der Waals surface area contributed by atoms with Gasteiger partial charge < -0.3 is 4.90 Å². The number of carbonyl (C=O) groups excluding carboxylic acids is 1. The van der Waals surface area contributed by atoms with E-state index in [0.717, 1.165) is 30.4 Å². The van der Waals surface area contributed by atoms with Gasteiger partial charge in [-0.3, -0.25) is 4.79 Å². The fourth-order valence-electron chi connectivity index (χ4n) is 9.09. The molecule has 0 aromatic heterocycles. The van der Waals surface area contributed by atoms with E-state index >= 15 is 4.39 Å². The molecule has 6 aliphatic rings. The van der Waals surface area contributed by atoms with E-state index in [9.17, 15) is 15.3 Å². The predicted octanol–water partition coefficient (Wildman–Crippen LogP) is 6.14. The van der Waals surface area contributed by atoms with Crippen LogP contribution in [0.15, 0.2) is 54.7 Å². The highest BCUT2D eigenvalue weighted by Crippen LogP contribution is 2.65. The number of Topliss-reactive ketones (excluding diaryl/α,β-unsaturated/α-hetero) is 1. The Bertz CT molecular complexity index is 1330. The summed E-state index contributed by atoms with van der Waals surface area (Å²) in [7, 11) is 0. The lowest BCUT2D eigenvalue weighted by molar-refractivity contribution is -0.148. The van der Waals surface area contributed by atoms with Gasteiger partial charge in [-0.2, -0.15) is 10.5 Å². The largest absolute Gasteiger partial charge is 0.357 e. The quantitative estimate of drug-likeness (QED) is 0.533. The first-order chi connectivity index (χ1) is 17.5. The number of nitrogens with zero attached hydrogens (tertiary/aromatic N) is 3. The molecule has 2 aromatic carbocycles. The number of halogens is 1. The van der Waals surface area contributed by atoms with E-state index in [4.69, 9.17) is 0 Å². The van der Waals surface area contributed by atoms with E-state index in [1.54, 1.807) is 18.2 Å². The van der Waals surface area contributed by atoms with Crippen LogP contribution in [0.4, 0.5) is 4.39 Å². The topological polar surface area (TPSA) is 67.9 Å². The van der Waals surface area contributed by atoms with Crippen molar-refractivity contribution in [1.82, 2.24) is 4.90 Å². The van der Waals surface area contributed by atoms with Gasteiger partial charge in [-0.25, -0.2) is 4.39 Å². The molecule has 4 bridgehead atoms. The molecule has 2 heterocycles. The molecule has 4 nitrogen and oxygen atoms in total. The summed E-state index contributed by atoms with van der Waals surface area (Å²) in [6.07, 6.45) is 10.2. The molecule has 36 heavy (non-hydrogen) atoms. The lowest BCUT2D eigenvalue weighted by Crippen LogP contribution is -2.55. The summed E-state index contributed by atoms with van der Waals surface area (Å²) in [4.78, 5) is 16.8. The fraction of sp³-hybridized carbons (Fsp3) is 0.452. The summed E-state index contributed by atoms with van der Waals surface area (Å²) >= 11 is 0. The molecule has 0 radical (unpaired) electrons. The standard InChI is InChI=1S/C31H28FN3O/c32-25-8-4-3-7-24(25)26-27(29(36)30-14-19-11-20(15-30)13-21(12-19)16-30)35-10-9-22-5-1-2-6-23(22)28(35)31(26,17-33)18-34/h1-10,19-21,26-28H,11-16H2/t19?,20?,21?,26-,27+,28+,30?/m1/s1. The maximum absolute atomic E-state index is 15.5. The molecule has 5 heteroatoms. The lowest BCUT2D eigenvalue weighted by Gasteiger charge is -2.57. The number of benzene rings is 2. The van der Waals surface area contributed by atoms with Gasteiger partial charge in [0.1, 0.15) is 5.82 Å². The van der Waals surface area contributed by atoms with Crippen LogP contribution in [0.1, 0.15) is 67.2 Å². The Morgan fingerprint density at radius 2 is 1.47 bits per heavy atom. The Morgan fingerprint density at radius 1 is 0.889 bits per heavy atom. The van der Waals surface area contributed by atoms with Crippen LogP contribution in [0, 0.1) is 57.1 Å². The van der Waals surface area contributed by atoms with Gasteiger partial charge in [-0.15, -0.1) is 0 Å². The summed E-state index contributed by atoms with van der Waals surface area (Å²) in [5, 5.41) is 21.4. The summed E-state index contributed by atoms with van der Waals surface area (Å²) in [5.41, 5.74) is 0.0447. The van der Waals surface area contributed by atoms with Gasteiger partial charge in [-0.1, -0.05) is 42.5 Å². The molecule has 5 fully saturated rings. The van der Waals surface area contributed by atoms with Gasteiger partial charge in [0.15, 0.2) is 11.2 Å². The SMILES string of the molecule is N#CC1(C#N)[C@H](c2ccccc2F)[C@@H](C(=O)C23CC4CC(CC(C4)C2)C3)N2C=Cc3ccccc3[C@H]21. The van der Waals surface area contributed by atoms with Gasteiger partial charge in [0, 0.05) is 17.5 Å². The molecule has 1 saturated heterocycles. The smallest absolute Gasteiger partial charge is 0.177 e. The minimum Gasteiger partial charge on any atom is -0.357 e. The Balaban J connectivity index is 1.44. The summed E-state index contributed by atoms with van der Waals surface area (Å²) in [6.45, 7) is 0. The third-order valence-corrected chi connectivity index (χ3v) is 10.0. The van der Waals surface area contributed by atoms with Crippen molar-refractivity contribution in [1.29, 1.82) is 10.5 Å². The fourth-order valence-corrected chi connectivity index (χ4v) is 9.09. The maximum atomic E-state index is 15.5. The number of carbonyl (C=O) groups is 1. The van der Waals surface area contributed by atoms with E-state index in [-0.39, 0.29) is 5.78 Å². The third-order valence-electron chi connectivity index (χ3n) is 10.0. The molecular formula is C31H28FN3O. The third kappa shape index (κ3) is 2.75. The maximum Gasteiger partial charge on any atom is 0.177 e. The zero-order valence-corrected chi connectivity index (χ0v) is 20.1. The van der Waals surface area contributed by atoms with Crippen molar-refractivity contribution in [3.05, 3.63) is 77.2 Å². The zero-order valence-electron chi connectivity index (χ0n) is 20.1. The Morgan fingerprint density at radius 3 is 2.08 bits per heavy atom. The van der Waals surface area contributed by atoms with Crippen LogP contribution in [0.5, 0.6) is 0 Å². The number of rotatable bonds is 3. The molecule has 3 atom stereocenters. The highest BCUT2D eigenvalue weighted by Gasteiger charge is 2.67. The van der Waals surface area contributed by atoms with Crippen LogP contribution >= 0.6 is 0 Å². The normalized spacial score (nSPS) is 36.6. The van der Waals surface area contributed by atoms with Crippen LogP contribution in [-0.2, 0) is 4.79 Å². The number of fused-ring (bicyclic) bond motifs is 3. The Labute approximate surface area is 211 Å². The first-order valence-electron chi connectivity index (χ1n) is 13.2. The predicted molar refractivity (Wildman–Crippen MR) is 132 cm³/mol. The average Bonchev–Trinajstić information content (AvgIpc) is 3.18. The second kappa shape index (κ2) is 7.53. The monoisotopic (exact) mass is 477 g/mol. The molecule has 180 valence electrons. The highest BCUT2D eigenvalue weighted by molar-refractivity contribution is 5.93. The average molecular weight is 478 g/mol. The van der Waals surface area contributed by atoms with Crippen molar-refractivity contribution in [3.63, 3.8) is 0 Å². The first-order valence-corrected chi connectivity index (χ1v) is 13.2. The highest BCUT2D eigenvalue weighted by atomic mass is 19.1. The Kier molecular flexibility index (Phi) is 4.56. The van der Waals surface area contributed by atoms with E-state index in [2.05, 4.69) is 12.1 Å². The van der Waals surface area contributed by atoms with Crippen LogP contribution in [0.25, 0.3) is 6.08 Å². The van der Waals surface area contributed by atoms with Crippen LogP contribution in [0.2, 0.25) is 0 Å². The van der Waals surface area contributed by atoms with E-state index in [0.29, 0.717) is 23.3 Å². The molecule has 4 aliphatic carbocycles. The van der Waals surface area contributed by atoms with Crippen molar-refractivity contribution in [2.75, 3.05) is 0 Å². The van der Waals surface area contributed by atoms with E-state index in [1.165, 1.54) is 25.3 Å². The van der Waals surface area contributed by atoms with Crippen molar-refractivity contribution < 1.29 is 9.18 Å². The number of ketones is 1. The second-order valence-electron chi connectivity index (χ2n) is 11.9. The minimum absolute atomic E-state index is 0.122. The summed E-state index contributed by atoms with van der Waals surface area (Å²) in [5.74, 6) is 0.528. The molecule has 2 aliphatic heterocycles. The van der Waals surface area contributed by atoms with E-state index < -0.39 is 34.6 Å². The Hall–Kier alpha value is -3.44. The van der Waals surface area contributed by atoms with Crippen LogP contribution < -0.4 is 0 Å². The van der Waals surface area contributed by atoms with Gasteiger partial charge >= 0.3 is 0 Å². The molecule has 0 N–H and O–H groups in total. The molecule has 0 amide bonds. The van der Waals surface area contributed by atoms with Crippen LogP contribution in [-0.4, -0.2) is 16.7 Å². The van der Waals surface area contributed by atoms with E-state index in [1.807, 2.05) is 41.4 Å². The zero-order chi connectivity index (χ0) is 24.7. The minimum atomic E-state index is -1.61. The molecule has 0 spiro atoms. The van der Waals surface area contributed by atoms with Crippen molar-refractivity contribution in [3.8, 4) is 12.1 Å². The van der Waals surface area contributed by atoms with Gasteiger partial charge in [0.05, 0.1) is 24.2 Å². The van der Waals surface area contributed by atoms with Gasteiger partial charge in [-0.05, 0) is 85.1 Å². The molecule has 2 aromatic rings.